The van der Waals surface area contributed by atoms with E-state index in [4.69, 9.17) is 0 Å². The fourth-order valence-electron chi connectivity index (χ4n) is 1.54. The second-order valence-corrected chi connectivity index (χ2v) is 5.28. The fraction of sp³-hybridized carbons (Fsp3) is 0.333. The number of benzene rings is 1. The highest BCUT2D eigenvalue weighted by Crippen LogP contribution is 2.45. The van der Waals surface area contributed by atoms with Crippen LogP contribution in [-0.4, -0.2) is 9.04 Å². The number of hydrogen-bond donors (Lipinski definition) is 1. The molecule has 0 aromatic heterocycles. The molecule has 0 fully saturated rings. The van der Waals surface area contributed by atoms with Crippen molar-refractivity contribution in [1.29, 1.82) is 0 Å². The highest BCUT2D eigenvalue weighted by atomic mass is 127. The van der Waals surface area contributed by atoms with Gasteiger partial charge in [0.2, 0.25) is 0 Å². The Morgan fingerprint density at radius 3 is 1.79 bits per heavy atom. The minimum absolute atomic E-state index is 0.292. The number of halogens is 6. The average Bonchev–Trinajstić information content (AvgIpc) is 2.27. The normalized spacial score (nSPS) is 15.9. The van der Waals surface area contributed by atoms with Crippen molar-refractivity contribution in [3.63, 3.8) is 0 Å². The third-order valence-corrected chi connectivity index (χ3v) is 3.49. The maximum atomic E-state index is 13.4. The molecule has 1 atom stereocenters. The molecule has 0 spiro atoms. The monoisotopic (exact) mass is 392 g/mol. The summed E-state index contributed by atoms with van der Waals surface area (Å²) in [5, 5.41) is 10.0. The lowest BCUT2D eigenvalue weighted by Crippen LogP contribution is -2.40. The van der Waals surface area contributed by atoms with Crippen LogP contribution in [0.25, 0.3) is 0 Å². The zero-order chi connectivity index (χ0) is 14.9. The van der Waals surface area contributed by atoms with Crippen molar-refractivity contribution in [2.24, 2.45) is 0 Å². The Hall–Kier alpha value is -0.700. The van der Waals surface area contributed by atoms with E-state index in [2.05, 4.69) is 6.58 Å². The molecule has 7 heteroatoms. The van der Waals surface area contributed by atoms with Crippen LogP contribution < -0.4 is 0 Å². The van der Waals surface area contributed by atoms with Gasteiger partial charge in [0.25, 0.3) is 0 Å². The van der Waals surface area contributed by atoms with Gasteiger partial charge in [0.15, 0.2) is 5.60 Å². The molecular weight excluding hydrogens is 382 g/mol. The molecule has 0 amide bonds. The first-order chi connectivity index (χ1) is 8.52. The summed E-state index contributed by atoms with van der Waals surface area (Å²) in [4.78, 5) is 0. The van der Waals surface area contributed by atoms with Crippen molar-refractivity contribution in [1.82, 2.24) is 0 Å². The van der Waals surface area contributed by atoms with Crippen LogP contribution in [0, 0.1) is 0 Å². The number of alkyl halides is 6. The topological polar surface area (TPSA) is 20.2 Å². The zero-order valence-electron chi connectivity index (χ0n) is 9.52. The van der Waals surface area contributed by atoms with Gasteiger partial charge in [-0.3, -0.25) is 0 Å². The van der Waals surface area contributed by atoms with Gasteiger partial charge < -0.3 is 5.11 Å². The van der Waals surface area contributed by atoms with Crippen molar-refractivity contribution in [3.8, 4) is 0 Å². The Balaban J connectivity index is 3.23. The smallest absolute Gasteiger partial charge is 0.378 e. The predicted molar refractivity (Wildman–Crippen MR) is 69.1 cm³/mol. The van der Waals surface area contributed by atoms with E-state index >= 15 is 0 Å². The summed E-state index contributed by atoms with van der Waals surface area (Å²) in [6.45, 7) is 3.26. The van der Waals surface area contributed by atoms with Gasteiger partial charge in [0.1, 0.15) is 0 Å². The van der Waals surface area contributed by atoms with Gasteiger partial charge in [-0.05, 0) is 17.7 Å². The van der Waals surface area contributed by atoms with Gasteiger partial charge in [-0.15, -0.1) is 6.58 Å². The molecule has 0 saturated carbocycles. The van der Waals surface area contributed by atoms with Gasteiger partial charge in [-0.2, -0.15) is 22.0 Å². The molecule has 0 heterocycles. The average molecular weight is 392 g/mol. The SMILES string of the molecule is C=CCC(O)(c1ccc(C(F)(F)F)cc1)C(F)(F)I. The van der Waals surface area contributed by atoms with Crippen LogP contribution >= 0.6 is 22.6 Å². The molecule has 1 aromatic rings. The minimum atomic E-state index is -4.55. The Morgan fingerprint density at radius 2 is 1.47 bits per heavy atom. The maximum absolute atomic E-state index is 13.4. The molecule has 19 heavy (non-hydrogen) atoms. The quantitative estimate of drug-likeness (QED) is 0.347. The summed E-state index contributed by atoms with van der Waals surface area (Å²) in [6.07, 6.45) is -3.94. The standard InChI is InChI=1S/C12H10F5IO/c1-2-7-10(19,12(16,17)18)8-3-5-9(6-4-8)11(13,14)15/h2-6,19H,1,7H2. The van der Waals surface area contributed by atoms with E-state index in [9.17, 15) is 27.1 Å². The van der Waals surface area contributed by atoms with Crippen LogP contribution in [0.1, 0.15) is 17.5 Å². The van der Waals surface area contributed by atoms with E-state index in [-0.39, 0.29) is 5.56 Å². The highest BCUT2D eigenvalue weighted by molar-refractivity contribution is 14.1. The summed E-state index contributed by atoms with van der Waals surface area (Å²) in [6, 6.07) is 3.01. The second-order valence-electron chi connectivity index (χ2n) is 3.93. The van der Waals surface area contributed by atoms with E-state index in [1.54, 1.807) is 0 Å². The van der Waals surface area contributed by atoms with Crippen molar-refractivity contribution in [2.45, 2.75) is 22.1 Å². The lowest BCUT2D eigenvalue weighted by molar-refractivity contribution is -0.137. The van der Waals surface area contributed by atoms with Crippen LogP contribution in [0.3, 0.4) is 0 Å². The first-order valence-corrected chi connectivity index (χ1v) is 6.18. The lowest BCUT2D eigenvalue weighted by Gasteiger charge is -2.32. The third-order valence-electron chi connectivity index (χ3n) is 2.60. The molecule has 1 rings (SSSR count). The van der Waals surface area contributed by atoms with Gasteiger partial charge in [-0.25, -0.2) is 0 Å². The first kappa shape index (κ1) is 16.4. The minimum Gasteiger partial charge on any atom is -0.378 e. The summed E-state index contributed by atoms with van der Waals surface area (Å²) in [5.41, 5.74) is -3.84. The molecule has 0 aliphatic rings. The lowest BCUT2D eigenvalue weighted by atomic mass is 9.90. The summed E-state index contributed by atoms with van der Waals surface area (Å²) >= 11 is 0.754. The Bertz CT molecular complexity index is 449. The van der Waals surface area contributed by atoms with E-state index in [1.165, 1.54) is 0 Å². The molecule has 106 valence electrons. The maximum Gasteiger partial charge on any atom is 0.416 e. The Kier molecular flexibility index (Phi) is 4.61. The van der Waals surface area contributed by atoms with Crippen molar-refractivity contribution >= 4 is 22.6 Å². The van der Waals surface area contributed by atoms with Gasteiger partial charge in [0.05, 0.1) is 5.56 Å². The predicted octanol–water partition coefficient (Wildman–Crippen LogP) is 4.50. The van der Waals surface area contributed by atoms with Crippen molar-refractivity contribution in [2.75, 3.05) is 0 Å². The van der Waals surface area contributed by atoms with E-state index < -0.39 is 27.7 Å². The van der Waals surface area contributed by atoms with E-state index in [0.717, 1.165) is 40.8 Å². The van der Waals surface area contributed by atoms with Crippen molar-refractivity contribution in [3.05, 3.63) is 48.0 Å². The Labute approximate surface area is 120 Å². The summed E-state index contributed by atoms with van der Waals surface area (Å²) in [7, 11) is 0. The molecule has 0 aliphatic carbocycles. The zero-order valence-corrected chi connectivity index (χ0v) is 11.7. The molecule has 1 nitrogen and oxygen atoms in total. The van der Waals surface area contributed by atoms with Crippen molar-refractivity contribution < 1.29 is 27.1 Å². The van der Waals surface area contributed by atoms with Crippen LogP contribution in [0.2, 0.25) is 0 Å². The first-order valence-electron chi connectivity index (χ1n) is 5.10. The van der Waals surface area contributed by atoms with Crippen LogP contribution in [0.15, 0.2) is 36.9 Å². The molecule has 0 aliphatic heterocycles. The van der Waals surface area contributed by atoms with E-state index in [1.807, 2.05) is 0 Å². The summed E-state index contributed by atoms with van der Waals surface area (Å²) < 4.78 is 60.5. The number of hydrogen-bond acceptors (Lipinski definition) is 1. The molecule has 1 unspecified atom stereocenters. The van der Waals surface area contributed by atoms with E-state index in [0.29, 0.717) is 12.1 Å². The van der Waals surface area contributed by atoms with Gasteiger partial charge in [-0.1, -0.05) is 18.2 Å². The van der Waals surface area contributed by atoms with Crippen LogP contribution in [0.5, 0.6) is 0 Å². The molecule has 0 bridgehead atoms. The number of aliphatic hydroxyl groups is 1. The van der Waals surface area contributed by atoms with Crippen LogP contribution in [0.4, 0.5) is 22.0 Å². The Morgan fingerprint density at radius 1 is 1.05 bits per heavy atom. The molecule has 0 radical (unpaired) electrons. The largest absolute Gasteiger partial charge is 0.416 e. The molecule has 0 saturated heterocycles. The molecular formula is C12H10F5IO. The van der Waals surface area contributed by atoms with Gasteiger partial charge in [0, 0.05) is 29.0 Å². The summed E-state index contributed by atoms with van der Waals surface area (Å²) in [5.74, 6) is 0. The van der Waals surface area contributed by atoms with Crippen LogP contribution in [-0.2, 0) is 11.8 Å². The third kappa shape index (κ3) is 3.44. The van der Waals surface area contributed by atoms with Gasteiger partial charge >= 0.3 is 10.1 Å². The fourth-order valence-corrected chi connectivity index (χ4v) is 2.07. The molecule has 1 N–H and O–H groups in total. The number of rotatable bonds is 4. The second kappa shape index (κ2) is 5.35. The highest BCUT2D eigenvalue weighted by Gasteiger charge is 2.51. The molecule has 1 aromatic carbocycles.